The van der Waals surface area contributed by atoms with E-state index in [9.17, 15) is 32.3 Å². The highest BCUT2D eigenvalue weighted by molar-refractivity contribution is 6.31. The van der Waals surface area contributed by atoms with E-state index in [0.717, 1.165) is 16.8 Å². The molecule has 17 heteroatoms. The zero-order valence-electron chi connectivity index (χ0n) is 24.1. The van der Waals surface area contributed by atoms with Crippen LogP contribution in [0.25, 0.3) is 11.3 Å². The Balaban J connectivity index is 1.60. The summed E-state index contributed by atoms with van der Waals surface area (Å²) >= 11 is 5.88. The number of carbonyl (C=O) groups is 1. The molecule has 0 saturated carbocycles. The highest BCUT2D eigenvalue weighted by Crippen LogP contribution is 2.40. The number of pyridine rings is 1. The van der Waals surface area contributed by atoms with Gasteiger partial charge in [-0.15, -0.1) is 0 Å². The highest BCUT2D eigenvalue weighted by Gasteiger charge is 2.56. The molecule has 240 valence electrons. The maximum absolute atomic E-state index is 14.5. The molecule has 0 saturated heterocycles. The van der Waals surface area contributed by atoms with E-state index in [1.165, 1.54) is 57.4 Å². The van der Waals surface area contributed by atoms with Crippen LogP contribution < -0.4 is 26.2 Å². The van der Waals surface area contributed by atoms with Gasteiger partial charge in [-0.3, -0.25) is 4.79 Å². The average molecular weight is 654 g/mol. The first-order chi connectivity index (χ1) is 21.0. The van der Waals surface area contributed by atoms with Crippen LogP contribution in [0.1, 0.15) is 35.5 Å². The SMILES string of the molecule is COc1cc(C(=O)NCC(O)(c2cc(C(C)(C)N)cc(-c3ccc(F)c(Cl)c3)n2)C(F)(F)F)ccc1OCCn1nn[nH]c1=O. The van der Waals surface area contributed by atoms with Crippen molar-refractivity contribution in [1.29, 1.82) is 0 Å². The maximum Gasteiger partial charge on any atom is 0.424 e. The number of amides is 1. The van der Waals surface area contributed by atoms with Gasteiger partial charge >= 0.3 is 11.9 Å². The van der Waals surface area contributed by atoms with Crippen LogP contribution in [0, 0.1) is 5.82 Å². The van der Waals surface area contributed by atoms with Crippen molar-refractivity contribution >= 4 is 17.5 Å². The highest BCUT2D eigenvalue weighted by atomic mass is 35.5. The van der Waals surface area contributed by atoms with Crippen LogP contribution in [-0.4, -0.2) is 62.6 Å². The molecule has 2 aromatic carbocycles. The van der Waals surface area contributed by atoms with Gasteiger partial charge in [0.05, 0.1) is 36.6 Å². The van der Waals surface area contributed by atoms with Gasteiger partial charge in [0.25, 0.3) is 5.91 Å². The van der Waals surface area contributed by atoms with Gasteiger partial charge in [-0.2, -0.15) is 17.9 Å². The molecular formula is C28H28ClF4N7O5. The fourth-order valence-corrected chi connectivity index (χ4v) is 4.28. The van der Waals surface area contributed by atoms with Crippen molar-refractivity contribution in [2.24, 2.45) is 5.73 Å². The monoisotopic (exact) mass is 653 g/mol. The number of nitrogens with zero attached hydrogens (tertiary/aromatic N) is 4. The number of H-pyrrole nitrogens is 1. The summed E-state index contributed by atoms with van der Waals surface area (Å²) in [4.78, 5) is 28.5. The lowest BCUT2D eigenvalue weighted by Crippen LogP contribution is -2.51. The summed E-state index contributed by atoms with van der Waals surface area (Å²) in [5.74, 6) is -1.47. The van der Waals surface area contributed by atoms with E-state index >= 15 is 0 Å². The fourth-order valence-electron chi connectivity index (χ4n) is 4.10. The standard InChI is InChI=1S/C28H28ClF4N7O5/c1-26(2,34)17-12-20(15-4-6-19(30)18(29)10-15)36-23(13-17)27(43,28(31,32)33)14-35-24(41)16-5-7-21(22(11-16)44-3)45-9-8-40-25(42)37-38-39-40/h4-7,10-13,43H,8-9,14,34H2,1-3H3,(H,35,41)(H,37,39,42). The van der Waals surface area contributed by atoms with Crippen LogP contribution >= 0.6 is 11.6 Å². The Hall–Kier alpha value is -4.54. The molecule has 0 radical (unpaired) electrons. The van der Waals surface area contributed by atoms with Gasteiger partial charge in [-0.05, 0) is 78.4 Å². The van der Waals surface area contributed by atoms with Crippen LogP contribution in [0.4, 0.5) is 17.6 Å². The van der Waals surface area contributed by atoms with Crippen LogP contribution in [0.2, 0.25) is 5.02 Å². The number of alkyl halides is 3. The number of ether oxygens (including phenoxy) is 2. The van der Waals surface area contributed by atoms with Gasteiger partial charge in [-0.1, -0.05) is 11.6 Å². The first-order valence-electron chi connectivity index (χ1n) is 13.2. The number of halogens is 5. The third-order valence-electron chi connectivity index (χ3n) is 6.70. The molecular weight excluding hydrogens is 626 g/mol. The Bertz CT molecular complexity index is 1760. The fraction of sp³-hybridized carbons (Fsp3) is 0.321. The number of rotatable bonds is 11. The van der Waals surface area contributed by atoms with Gasteiger partial charge in [-0.25, -0.2) is 19.3 Å². The molecule has 45 heavy (non-hydrogen) atoms. The van der Waals surface area contributed by atoms with E-state index < -0.39 is 47.0 Å². The normalized spacial score (nSPS) is 13.3. The van der Waals surface area contributed by atoms with Gasteiger partial charge in [0.15, 0.2) is 11.5 Å². The van der Waals surface area contributed by atoms with Crippen molar-refractivity contribution in [3.8, 4) is 22.8 Å². The van der Waals surface area contributed by atoms with Crippen molar-refractivity contribution < 1.29 is 36.9 Å². The lowest BCUT2D eigenvalue weighted by molar-refractivity contribution is -0.265. The zero-order chi connectivity index (χ0) is 33.2. The summed E-state index contributed by atoms with van der Waals surface area (Å²) in [5, 5.41) is 22.0. The lowest BCUT2D eigenvalue weighted by atomic mass is 9.89. The Morgan fingerprint density at radius 1 is 1.13 bits per heavy atom. The molecule has 1 atom stereocenters. The van der Waals surface area contributed by atoms with Crippen molar-refractivity contribution in [2.75, 3.05) is 20.3 Å². The molecule has 4 aromatic rings. The van der Waals surface area contributed by atoms with Crippen molar-refractivity contribution in [3.05, 3.63) is 86.7 Å². The topological polar surface area (TPSA) is 170 Å². The van der Waals surface area contributed by atoms with E-state index in [1.54, 1.807) is 0 Å². The van der Waals surface area contributed by atoms with Crippen LogP contribution in [-0.2, 0) is 17.7 Å². The molecule has 0 fully saturated rings. The van der Waals surface area contributed by atoms with Crippen molar-refractivity contribution in [3.63, 3.8) is 0 Å². The summed E-state index contributed by atoms with van der Waals surface area (Å²) in [6, 6.07) is 9.73. The molecule has 0 aliphatic carbocycles. The van der Waals surface area contributed by atoms with E-state index in [1.807, 2.05) is 0 Å². The Kier molecular flexibility index (Phi) is 9.51. The van der Waals surface area contributed by atoms with E-state index in [4.69, 9.17) is 26.8 Å². The molecule has 1 unspecified atom stereocenters. The second kappa shape index (κ2) is 12.8. The molecule has 0 spiro atoms. The number of methoxy groups -OCH3 is 1. The molecule has 12 nitrogen and oxygen atoms in total. The minimum absolute atomic E-state index is 0.0231. The number of aromatic nitrogens is 5. The third-order valence-corrected chi connectivity index (χ3v) is 6.99. The molecule has 0 aliphatic rings. The second-order valence-electron chi connectivity index (χ2n) is 10.5. The Morgan fingerprint density at radius 3 is 2.47 bits per heavy atom. The minimum Gasteiger partial charge on any atom is -0.493 e. The van der Waals surface area contributed by atoms with Gasteiger partial charge < -0.3 is 25.6 Å². The average Bonchev–Trinajstić information content (AvgIpc) is 3.40. The number of carbonyl (C=O) groups excluding carboxylic acids is 1. The summed E-state index contributed by atoms with van der Waals surface area (Å²) in [5.41, 5.74) is 0.110. The number of nitrogens with one attached hydrogen (secondary N) is 2. The Morgan fingerprint density at radius 2 is 1.87 bits per heavy atom. The zero-order valence-corrected chi connectivity index (χ0v) is 24.8. The number of aliphatic hydroxyl groups is 1. The number of tetrazole rings is 1. The van der Waals surface area contributed by atoms with Crippen molar-refractivity contribution in [1.82, 2.24) is 30.5 Å². The van der Waals surface area contributed by atoms with Crippen molar-refractivity contribution in [2.45, 2.75) is 37.7 Å². The first-order valence-corrected chi connectivity index (χ1v) is 13.5. The Labute approximate surface area is 258 Å². The minimum atomic E-state index is -5.32. The summed E-state index contributed by atoms with van der Waals surface area (Å²) in [7, 11) is 1.29. The maximum atomic E-state index is 14.5. The molecule has 4 rings (SSSR count). The second-order valence-corrected chi connectivity index (χ2v) is 10.9. The predicted octanol–water partition coefficient (Wildman–Crippen LogP) is 3.28. The number of hydrogen-bond acceptors (Lipinski definition) is 9. The summed E-state index contributed by atoms with van der Waals surface area (Å²) in [6.07, 6.45) is -5.32. The predicted molar refractivity (Wildman–Crippen MR) is 153 cm³/mol. The first kappa shape index (κ1) is 33.4. The third kappa shape index (κ3) is 7.41. The van der Waals surface area contributed by atoms with Gasteiger partial charge in [0.2, 0.25) is 5.60 Å². The van der Waals surface area contributed by atoms with Crippen LogP contribution in [0.15, 0.2) is 53.3 Å². The number of aromatic amines is 1. The number of nitrogens with two attached hydrogens (primary N) is 1. The van der Waals surface area contributed by atoms with E-state index in [2.05, 4.69) is 25.8 Å². The summed E-state index contributed by atoms with van der Waals surface area (Å²) < 4.78 is 69.2. The smallest absolute Gasteiger partial charge is 0.424 e. The molecule has 0 aliphatic heterocycles. The van der Waals surface area contributed by atoms with E-state index in [0.29, 0.717) is 0 Å². The molecule has 5 N–H and O–H groups in total. The number of hydrogen-bond donors (Lipinski definition) is 4. The molecule has 2 heterocycles. The summed E-state index contributed by atoms with van der Waals surface area (Å²) in [6.45, 7) is 1.77. The molecule has 2 aromatic heterocycles. The number of benzene rings is 2. The van der Waals surface area contributed by atoms with Gasteiger partial charge in [0, 0.05) is 16.7 Å². The van der Waals surface area contributed by atoms with Crippen LogP contribution in [0.3, 0.4) is 0 Å². The molecule has 1 amide bonds. The lowest BCUT2D eigenvalue weighted by Gasteiger charge is -2.32. The van der Waals surface area contributed by atoms with Crippen LogP contribution in [0.5, 0.6) is 11.5 Å². The largest absolute Gasteiger partial charge is 0.493 e. The molecule has 0 bridgehead atoms. The van der Waals surface area contributed by atoms with Gasteiger partial charge in [0.1, 0.15) is 12.4 Å². The van der Waals surface area contributed by atoms with E-state index in [-0.39, 0.29) is 52.1 Å². The quantitative estimate of drug-likeness (QED) is 0.177.